The number of rotatable bonds is 5. The number of thiazole rings is 1. The first-order valence-electron chi connectivity index (χ1n) is 10.0. The molecule has 0 saturated carbocycles. The van der Waals surface area contributed by atoms with Crippen molar-refractivity contribution in [3.05, 3.63) is 40.4 Å². The molecule has 0 unspecified atom stereocenters. The van der Waals surface area contributed by atoms with E-state index in [9.17, 15) is 13.6 Å². The number of nitrogens with zero attached hydrogens (tertiary/aromatic N) is 5. The molecule has 3 aromatic rings. The van der Waals surface area contributed by atoms with Gasteiger partial charge in [0.05, 0.1) is 16.9 Å². The summed E-state index contributed by atoms with van der Waals surface area (Å²) in [6.07, 6.45) is 2.54. The van der Waals surface area contributed by atoms with Gasteiger partial charge in [-0.3, -0.25) is 4.79 Å². The molecular formula is C21H23F2N7OS. The molecule has 1 amide bonds. The maximum Gasteiger partial charge on any atom is 0.303 e. The maximum atomic E-state index is 13.8. The molecular weight excluding hydrogens is 436 g/mol. The van der Waals surface area contributed by atoms with Crippen LogP contribution in [-0.2, 0) is 23.7 Å². The first kappa shape index (κ1) is 22.2. The number of aryl methyl sites for hydroxylation is 1. The van der Waals surface area contributed by atoms with Crippen molar-refractivity contribution in [2.75, 3.05) is 24.2 Å². The van der Waals surface area contributed by atoms with Crippen molar-refractivity contribution in [1.82, 2.24) is 24.8 Å². The lowest BCUT2D eigenvalue weighted by Gasteiger charge is -2.20. The van der Waals surface area contributed by atoms with E-state index in [1.165, 1.54) is 11.8 Å². The van der Waals surface area contributed by atoms with Crippen molar-refractivity contribution in [1.29, 1.82) is 0 Å². The van der Waals surface area contributed by atoms with Crippen LogP contribution in [0.5, 0.6) is 0 Å². The summed E-state index contributed by atoms with van der Waals surface area (Å²) in [6.45, 7) is 5.51. The molecule has 0 fully saturated rings. The van der Waals surface area contributed by atoms with E-state index in [-0.39, 0.29) is 11.7 Å². The normalized spacial score (nSPS) is 14.2. The largest absolute Gasteiger partial charge is 0.339 e. The van der Waals surface area contributed by atoms with E-state index < -0.39 is 11.7 Å². The van der Waals surface area contributed by atoms with Crippen molar-refractivity contribution >= 4 is 34.6 Å². The Labute approximate surface area is 188 Å². The standard InChI is InChI=1S/C21H23F2N7OS/c1-11-7-18(29-20(25-11)21(3,22)23)27-14-8-17(26-12(2)31)24-9-13(14)19-28-15-10-30(4)6-5-16(15)32-19/h7-9H,5-6,10H2,1-4H3,(H2,24,25,26,27,29,31). The smallest absolute Gasteiger partial charge is 0.303 e. The van der Waals surface area contributed by atoms with Crippen LogP contribution in [0.2, 0.25) is 0 Å². The summed E-state index contributed by atoms with van der Waals surface area (Å²) in [5.41, 5.74) is 2.68. The zero-order valence-electron chi connectivity index (χ0n) is 18.2. The van der Waals surface area contributed by atoms with E-state index in [0.29, 0.717) is 22.8 Å². The molecule has 0 aromatic carbocycles. The predicted octanol–water partition coefficient (Wildman–Crippen LogP) is 4.11. The highest BCUT2D eigenvalue weighted by Crippen LogP contribution is 2.37. The van der Waals surface area contributed by atoms with Gasteiger partial charge in [-0.2, -0.15) is 8.78 Å². The number of hydrogen-bond donors (Lipinski definition) is 2. The van der Waals surface area contributed by atoms with E-state index in [4.69, 9.17) is 4.98 Å². The molecule has 4 heterocycles. The minimum Gasteiger partial charge on any atom is -0.339 e. The van der Waals surface area contributed by atoms with Crippen LogP contribution in [0, 0.1) is 6.92 Å². The number of carbonyl (C=O) groups is 1. The number of likely N-dealkylation sites (N-methyl/N-ethyl adjacent to an activating group) is 1. The number of pyridine rings is 1. The fourth-order valence-electron chi connectivity index (χ4n) is 3.39. The number of hydrogen-bond acceptors (Lipinski definition) is 8. The quantitative estimate of drug-likeness (QED) is 0.593. The molecule has 0 aliphatic carbocycles. The van der Waals surface area contributed by atoms with Gasteiger partial charge in [-0.15, -0.1) is 11.3 Å². The van der Waals surface area contributed by atoms with Gasteiger partial charge in [-0.05, 0) is 20.4 Å². The summed E-state index contributed by atoms with van der Waals surface area (Å²) >= 11 is 1.59. The maximum absolute atomic E-state index is 13.8. The SMILES string of the molecule is CC(=O)Nc1cc(Nc2cc(C)nc(C(C)(F)F)n2)c(-c2nc3c(s2)CCN(C)C3)cn1. The molecule has 11 heteroatoms. The predicted molar refractivity (Wildman–Crippen MR) is 119 cm³/mol. The van der Waals surface area contributed by atoms with Crippen LogP contribution in [0.25, 0.3) is 10.6 Å². The number of alkyl halides is 2. The first-order chi connectivity index (χ1) is 15.1. The number of anilines is 3. The van der Waals surface area contributed by atoms with Crippen LogP contribution in [0.4, 0.5) is 26.1 Å². The second-order valence-corrected chi connectivity index (χ2v) is 8.99. The van der Waals surface area contributed by atoms with Gasteiger partial charge in [-0.1, -0.05) is 0 Å². The van der Waals surface area contributed by atoms with Gasteiger partial charge in [0.15, 0.2) is 0 Å². The summed E-state index contributed by atoms with van der Waals surface area (Å²) in [4.78, 5) is 31.9. The molecule has 168 valence electrons. The molecule has 0 radical (unpaired) electrons. The summed E-state index contributed by atoms with van der Waals surface area (Å²) in [5, 5.41) is 6.52. The van der Waals surface area contributed by atoms with Crippen molar-refractivity contribution < 1.29 is 13.6 Å². The highest BCUT2D eigenvalue weighted by Gasteiger charge is 2.29. The van der Waals surface area contributed by atoms with Crippen LogP contribution < -0.4 is 10.6 Å². The molecule has 0 spiro atoms. The van der Waals surface area contributed by atoms with Gasteiger partial charge in [0.25, 0.3) is 0 Å². The van der Waals surface area contributed by atoms with Gasteiger partial charge >= 0.3 is 5.92 Å². The summed E-state index contributed by atoms with van der Waals surface area (Å²) in [6, 6.07) is 3.23. The third-order valence-corrected chi connectivity index (χ3v) is 6.06. The lowest BCUT2D eigenvalue weighted by Crippen LogP contribution is -2.25. The average Bonchev–Trinajstić information content (AvgIpc) is 3.09. The fraction of sp³-hybridized carbons (Fsp3) is 0.381. The van der Waals surface area contributed by atoms with Crippen molar-refractivity contribution in [2.24, 2.45) is 0 Å². The van der Waals surface area contributed by atoms with Crippen molar-refractivity contribution in [2.45, 2.75) is 39.7 Å². The highest BCUT2D eigenvalue weighted by molar-refractivity contribution is 7.15. The molecule has 32 heavy (non-hydrogen) atoms. The van der Waals surface area contributed by atoms with E-state index >= 15 is 0 Å². The van der Waals surface area contributed by atoms with Gasteiger partial charge < -0.3 is 15.5 Å². The van der Waals surface area contributed by atoms with E-state index in [1.807, 2.05) is 0 Å². The van der Waals surface area contributed by atoms with E-state index in [0.717, 1.165) is 37.1 Å². The molecule has 0 saturated heterocycles. The molecule has 4 rings (SSSR count). The minimum absolute atomic E-state index is 0.219. The molecule has 0 atom stereocenters. The van der Waals surface area contributed by atoms with Crippen LogP contribution in [0.1, 0.15) is 35.9 Å². The molecule has 3 aromatic heterocycles. The molecule has 1 aliphatic rings. The lowest BCUT2D eigenvalue weighted by atomic mass is 10.2. The number of amides is 1. The van der Waals surface area contributed by atoms with Crippen LogP contribution >= 0.6 is 11.3 Å². The first-order valence-corrected chi connectivity index (χ1v) is 10.9. The number of aromatic nitrogens is 4. The third kappa shape index (κ3) is 4.89. The monoisotopic (exact) mass is 459 g/mol. The Hall–Kier alpha value is -3.05. The summed E-state index contributed by atoms with van der Waals surface area (Å²) in [5.74, 6) is -3.46. The van der Waals surface area contributed by atoms with E-state index in [2.05, 4.69) is 37.5 Å². The second kappa shape index (κ2) is 8.47. The minimum atomic E-state index is -3.18. The second-order valence-electron chi connectivity index (χ2n) is 7.90. The van der Waals surface area contributed by atoms with E-state index in [1.54, 1.807) is 36.6 Å². The van der Waals surface area contributed by atoms with Crippen LogP contribution in [-0.4, -0.2) is 44.3 Å². The topological polar surface area (TPSA) is 95.9 Å². The van der Waals surface area contributed by atoms with Gasteiger partial charge in [0.2, 0.25) is 11.7 Å². The summed E-state index contributed by atoms with van der Waals surface area (Å²) in [7, 11) is 2.05. The lowest BCUT2D eigenvalue weighted by molar-refractivity contribution is -0.114. The van der Waals surface area contributed by atoms with Gasteiger partial charge in [0.1, 0.15) is 16.6 Å². The van der Waals surface area contributed by atoms with Crippen LogP contribution in [0.15, 0.2) is 18.3 Å². The Kier molecular flexibility index (Phi) is 5.87. The number of nitrogens with one attached hydrogen (secondary N) is 2. The highest BCUT2D eigenvalue weighted by atomic mass is 32.1. The Morgan fingerprint density at radius 3 is 2.72 bits per heavy atom. The fourth-order valence-corrected chi connectivity index (χ4v) is 4.47. The molecule has 0 bridgehead atoms. The third-order valence-electron chi connectivity index (χ3n) is 4.87. The van der Waals surface area contributed by atoms with Crippen molar-refractivity contribution in [3.8, 4) is 10.6 Å². The Morgan fingerprint density at radius 2 is 2.00 bits per heavy atom. The van der Waals surface area contributed by atoms with Crippen LogP contribution in [0.3, 0.4) is 0 Å². The number of halogens is 2. The molecule has 1 aliphatic heterocycles. The zero-order chi connectivity index (χ0) is 23.0. The Bertz CT molecular complexity index is 1180. The van der Waals surface area contributed by atoms with Gasteiger partial charge in [0, 0.05) is 55.8 Å². The Morgan fingerprint density at radius 1 is 1.22 bits per heavy atom. The zero-order valence-corrected chi connectivity index (χ0v) is 19.0. The van der Waals surface area contributed by atoms with Crippen molar-refractivity contribution in [3.63, 3.8) is 0 Å². The number of carbonyl (C=O) groups excluding carboxylic acids is 1. The number of fused-ring (bicyclic) bond motifs is 1. The molecule has 8 nitrogen and oxygen atoms in total. The van der Waals surface area contributed by atoms with Gasteiger partial charge in [-0.25, -0.2) is 19.9 Å². The summed E-state index contributed by atoms with van der Waals surface area (Å²) < 4.78 is 27.7. The average molecular weight is 460 g/mol. The Balaban J connectivity index is 1.76. The molecule has 2 N–H and O–H groups in total.